The van der Waals surface area contributed by atoms with Crippen LogP contribution >= 0.6 is 0 Å². The van der Waals surface area contributed by atoms with Gasteiger partial charge in [0.2, 0.25) is 11.8 Å². The van der Waals surface area contributed by atoms with Crippen molar-refractivity contribution in [1.29, 1.82) is 0 Å². The number of nitrogens with zero attached hydrogens (tertiary/aromatic N) is 4. The van der Waals surface area contributed by atoms with Gasteiger partial charge in [0.1, 0.15) is 6.67 Å². The van der Waals surface area contributed by atoms with Crippen LogP contribution in [0.4, 0.5) is 4.39 Å². The highest BCUT2D eigenvalue weighted by atomic mass is 19.1. The molecular weight excluding hydrogens is 451 g/mol. The van der Waals surface area contributed by atoms with E-state index in [0.29, 0.717) is 37.1 Å². The van der Waals surface area contributed by atoms with Gasteiger partial charge >= 0.3 is 5.69 Å². The third-order valence-electron chi connectivity index (χ3n) is 7.91. The third kappa shape index (κ3) is 4.77. The van der Waals surface area contributed by atoms with E-state index in [0.717, 1.165) is 38.5 Å². The van der Waals surface area contributed by atoms with Crippen LogP contribution in [0, 0.1) is 17.8 Å². The molecule has 0 unspecified atom stereocenters. The molecule has 2 aliphatic carbocycles. The number of piperazine rings is 1. The maximum Gasteiger partial charge on any atom is 0.331 e. The summed E-state index contributed by atoms with van der Waals surface area (Å²) in [6, 6.07) is 6.84. The zero-order valence-electron chi connectivity index (χ0n) is 20.0. The summed E-state index contributed by atoms with van der Waals surface area (Å²) in [4.78, 5) is 55.2. The number of benzene rings is 1. The molecule has 0 atom stereocenters. The number of rotatable bonds is 6. The lowest BCUT2D eigenvalue weighted by Crippen LogP contribution is -2.52. The van der Waals surface area contributed by atoms with Gasteiger partial charge in [-0.1, -0.05) is 12.1 Å². The standard InChI is InChI=1S/C26H33FN4O4/c27-11-12-30-22-4-2-1-3-21(22)25(34)31(26(30)35)17-18-5-7-19(8-6-18)23(32)28-13-15-29(16-14-28)24(33)20-9-10-20/h1-4,18-20H,5-17H2/t18-,19-. The number of aryl methyl sites for hydroxylation is 1. The summed E-state index contributed by atoms with van der Waals surface area (Å²) in [6.07, 6.45) is 4.97. The Morgan fingerprint density at radius 1 is 0.800 bits per heavy atom. The number of hydrogen-bond acceptors (Lipinski definition) is 4. The summed E-state index contributed by atoms with van der Waals surface area (Å²) in [6.45, 7) is 1.95. The minimum atomic E-state index is -0.682. The number of amides is 2. The second kappa shape index (κ2) is 9.95. The fourth-order valence-corrected chi connectivity index (χ4v) is 5.68. The highest BCUT2D eigenvalue weighted by Crippen LogP contribution is 2.33. The van der Waals surface area contributed by atoms with E-state index in [1.165, 1.54) is 9.13 Å². The summed E-state index contributed by atoms with van der Waals surface area (Å²) >= 11 is 0. The van der Waals surface area contributed by atoms with Crippen molar-refractivity contribution >= 4 is 22.7 Å². The molecule has 1 aromatic carbocycles. The van der Waals surface area contributed by atoms with Gasteiger partial charge in [-0.15, -0.1) is 0 Å². The molecule has 1 aliphatic heterocycles. The van der Waals surface area contributed by atoms with E-state index in [1.807, 2.05) is 9.80 Å². The smallest absolute Gasteiger partial charge is 0.331 e. The van der Waals surface area contributed by atoms with E-state index in [4.69, 9.17) is 0 Å². The molecule has 0 N–H and O–H groups in total. The van der Waals surface area contributed by atoms with E-state index < -0.39 is 12.4 Å². The molecule has 0 radical (unpaired) electrons. The zero-order valence-corrected chi connectivity index (χ0v) is 20.0. The Bertz CT molecular complexity index is 1220. The molecule has 5 rings (SSSR count). The number of hydrogen-bond donors (Lipinski definition) is 0. The van der Waals surface area contributed by atoms with Crippen molar-refractivity contribution in [2.24, 2.45) is 17.8 Å². The van der Waals surface area contributed by atoms with E-state index in [9.17, 15) is 23.6 Å². The summed E-state index contributed by atoms with van der Waals surface area (Å²) in [5, 5.41) is 0.420. The lowest BCUT2D eigenvalue weighted by atomic mass is 9.81. The molecule has 1 saturated heterocycles. The van der Waals surface area contributed by atoms with Crippen LogP contribution < -0.4 is 11.2 Å². The van der Waals surface area contributed by atoms with Gasteiger partial charge < -0.3 is 9.80 Å². The summed E-state index contributed by atoms with van der Waals surface area (Å²) in [5.74, 6) is 0.692. The lowest BCUT2D eigenvalue weighted by Gasteiger charge is -2.38. The van der Waals surface area contributed by atoms with Crippen molar-refractivity contribution in [1.82, 2.24) is 18.9 Å². The van der Waals surface area contributed by atoms with Crippen LogP contribution in [0.25, 0.3) is 10.9 Å². The van der Waals surface area contributed by atoms with Crippen molar-refractivity contribution in [3.05, 3.63) is 45.1 Å². The summed E-state index contributed by atoms with van der Waals surface area (Å²) < 4.78 is 15.7. The fraction of sp³-hybridized carbons (Fsp3) is 0.615. The second-order valence-corrected chi connectivity index (χ2v) is 10.2. The van der Waals surface area contributed by atoms with Crippen molar-refractivity contribution in [3.63, 3.8) is 0 Å². The SMILES string of the molecule is O=C(C1CC1)N1CCN(C(=O)[C@H]2CC[C@H](Cn3c(=O)c4ccccc4n(CCF)c3=O)CC2)CC1. The molecule has 35 heavy (non-hydrogen) atoms. The van der Waals surface area contributed by atoms with Gasteiger partial charge in [-0.05, 0) is 56.6 Å². The van der Waals surface area contributed by atoms with E-state index in [2.05, 4.69) is 0 Å². The Morgan fingerprint density at radius 3 is 1.89 bits per heavy atom. The number of fused-ring (bicyclic) bond motifs is 1. The molecule has 2 amide bonds. The largest absolute Gasteiger partial charge is 0.339 e. The first-order chi connectivity index (χ1) is 17.0. The second-order valence-electron chi connectivity index (χ2n) is 10.2. The first kappa shape index (κ1) is 23.8. The van der Waals surface area contributed by atoms with E-state index in [1.54, 1.807) is 24.3 Å². The number of aromatic nitrogens is 2. The Hall–Kier alpha value is -2.97. The zero-order chi connectivity index (χ0) is 24.5. The Morgan fingerprint density at radius 2 is 1.34 bits per heavy atom. The van der Waals surface area contributed by atoms with Gasteiger partial charge in [0.15, 0.2) is 0 Å². The topological polar surface area (TPSA) is 84.6 Å². The van der Waals surface area contributed by atoms with Gasteiger partial charge in [0.25, 0.3) is 5.56 Å². The molecule has 2 heterocycles. The molecule has 2 saturated carbocycles. The summed E-state index contributed by atoms with van der Waals surface area (Å²) in [7, 11) is 0. The molecule has 3 aliphatic rings. The lowest BCUT2D eigenvalue weighted by molar-refractivity contribution is -0.143. The molecule has 188 valence electrons. The fourth-order valence-electron chi connectivity index (χ4n) is 5.68. The quantitative estimate of drug-likeness (QED) is 0.628. The van der Waals surface area contributed by atoms with Crippen LogP contribution in [0.3, 0.4) is 0 Å². The van der Waals surface area contributed by atoms with Gasteiger partial charge in [-0.2, -0.15) is 0 Å². The average molecular weight is 485 g/mol. The predicted octanol–water partition coefficient (Wildman–Crippen LogP) is 2.02. The van der Waals surface area contributed by atoms with Crippen LogP contribution in [0.2, 0.25) is 0 Å². The van der Waals surface area contributed by atoms with Crippen molar-refractivity contribution in [3.8, 4) is 0 Å². The molecule has 0 bridgehead atoms. The average Bonchev–Trinajstić information content (AvgIpc) is 3.74. The highest BCUT2D eigenvalue weighted by molar-refractivity contribution is 5.82. The molecule has 1 aromatic heterocycles. The monoisotopic (exact) mass is 484 g/mol. The molecule has 2 aromatic rings. The van der Waals surface area contributed by atoms with E-state index >= 15 is 0 Å². The minimum Gasteiger partial charge on any atom is -0.339 e. The number of para-hydroxylation sites is 1. The number of carbonyl (C=O) groups is 2. The molecule has 3 fully saturated rings. The number of halogens is 1. The normalized spacial score (nSPS) is 23.0. The van der Waals surface area contributed by atoms with Gasteiger partial charge in [0.05, 0.1) is 17.4 Å². The van der Waals surface area contributed by atoms with Gasteiger partial charge in [0, 0.05) is 44.6 Å². The third-order valence-corrected chi connectivity index (χ3v) is 7.91. The van der Waals surface area contributed by atoms with Crippen LogP contribution in [-0.4, -0.2) is 63.6 Å². The number of carbonyl (C=O) groups excluding carboxylic acids is 2. The molecule has 0 spiro atoms. The molecular formula is C26H33FN4O4. The van der Waals surface area contributed by atoms with Crippen molar-refractivity contribution in [2.75, 3.05) is 32.9 Å². The predicted molar refractivity (Wildman–Crippen MR) is 130 cm³/mol. The van der Waals surface area contributed by atoms with Gasteiger partial charge in [-0.25, -0.2) is 9.18 Å². The maximum absolute atomic E-state index is 13.1. The first-order valence-corrected chi connectivity index (χ1v) is 12.8. The van der Waals surface area contributed by atoms with Crippen LogP contribution in [-0.2, 0) is 22.7 Å². The van der Waals surface area contributed by atoms with Crippen LogP contribution in [0.15, 0.2) is 33.9 Å². The minimum absolute atomic E-state index is 0.0477. The van der Waals surface area contributed by atoms with E-state index in [-0.39, 0.29) is 48.2 Å². The van der Waals surface area contributed by atoms with Crippen molar-refractivity contribution < 1.29 is 14.0 Å². The van der Waals surface area contributed by atoms with Gasteiger partial charge in [-0.3, -0.25) is 23.5 Å². The van der Waals surface area contributed by atoms with Crippen LogP contribution in [0.1, 0.15) is 38.5 Å². The summed E-state index contributed by atoms with van der Waals surface area (Å²) in [5.41, 5.74) is -0.342. The first-order valence-electron chi connectivity index (χ1n) is 12.8. The Labute approximate surface area is 203 Å². The number of alkyl halides is 1. The van der Waals surface area contributed by atoms with Crippen molar-refractivity contribution in [2.45, 2.75) is 51.6 Å². The highest BCUT2D eigenvalue weighted by Gasteiger charge is 2.36. The molecule has 9 heteroatoms. The van der Waals surface area contributed by atoms with Crippen LogP contribution in [0.5, 0.6) is 0 Å². The molecule has 8 nitrogen and oxygen atoms in total. The Balaban J connectivity index is 1.20. The maximum atomic E-state index is 13.1. The Kier molecular flexibility index (Phi) is 6.75.